The zero-order valence-electron chi connectivity index (χ0n) is 9.84. The number of nitrogens with zero attached hydrogens (tertiary/aromatic N) is 1. The molecule has 0 aromatic rings. The molecule has 2 heterocycles. The molecule has 2 aliphatic rings. The predicted octanol–water partition coefficient (Wildman–Crippen LogP) is 1.86. The first-order valence-corrected chi connectivity index (χ1v) is 6.06. The smallest absolute Gasteiger partial charge is 0.00759 e. The Labute approximate surface area is 88.1 Å². The summed E-state index contributed by atoms with van der Waals surface area (Å²) in [6.07, 6.45) is 5.59. The highest BCUT2D eigenvalue weighted by molar-refractivity contribution is 4.98. The van der Waals surface area contributed by atoms with Crippen molar-refractivity contribution >= 4 is 0 Å². The Kier molecular flexibility index (Phi) is 2.85. The molecule has 2 unspecified atom stereocenters. The van der Waals surface area contributed by atoms with Crippen molar-refractivity contribution in [3.63, 3.8) is 0 Å². The lowest BCUT2D eigenvalue weighted by Gasteiger charge is -2.40. The molecule has 0 aliphatic carbocycles. The van der Waals surface area contributed by atoms with Crippen LogP contribution >= 0.6 is 0 Å². The monoisotopic (exact) mass is 196 g/mol. The molecule has 0 spiro atoms. The van der Waals surface area contributed by atoms with Gasteiger partial charge in [-0.2, -0.15) is 0 Å². The van der Waals surface area contributed by atoms with Crippen LogP contribution in [0.4, 0.5) is 0 Å². The molecule has 2 fully saturated rings. The molecule has 82 valence electrons. The largest absolute Gasteiger partial charge is 0.311 e. The van der Waals surface area contributed by atoms with Gasteiger partial charge in [0.25, 0.3) is 0 Å². The molecule has 2 aliphatic heterocycles. The van der Waals surface area contributed by atoms with Crippen molar-refractivity contribution < 1.29 is 0 Å². The maximum atomic E-state index is 3.72. The van der Waals surface area contributed by atoms with Crippen molar-refractivity contribution in [1.29, 1.82) is 0 Å². The average molecular weight is 196 g/mol. The van der Waals surface area contributed by atoms with E-state index in [4.69, 9.17) is 0 Å². The summed E-state index contributed by atoms with van der Waals surface area (Å²) < 4.78 is 0. The molecule has 0 aromatic carbocycles. The fourth-order valence-corrected chi connectivity index (χ4v) is 3.39. The fourth-order valence-electron chi connectivity index (χ4n) is 3.39. The lowest BCUT2D eigenvalue weighted by Crippen LogP contribution is -2.47. The summed E-state index contributed by atoms with van der Waals surface area (Å²) in [5, 5.41) is 3.72. The summed E-state index contributed by atoms with van der Waals surface area (Å²) in [5.41, 5.74) is 0.571. The van der Waals surface area contributed by atoms with Gasteiger partial charge in [0.2, 0.25) is 0 Å². The molecule has 14 heavy (non-hydrogen) atoms. The van der Waals surface area contributed by atoms with Gasteiger partial charge in [-0.05, 0) is 44.7 Å². The van der Waals surface area contributed by atoms with Crippen molar-refractivity contribution in [2.75, 3.05) is 20.1 Å². The molecule has 2 rings (SSSR count). The van der Waals surface area contributed by atoms with Crippen LogP contribution in [0.15, 0.2) is 0 Å². The maximum absolute atomic E-state index is 3.72. The molecule has 2 atom stereocenters. The zero-order chi connectivity index (χ0) is 10.2. The van der Waals surface area contributed by atoms with Gasteiger partial charge in [0.15, 0.2) is 0 Å². The second kappa shape index (κ2) is 3.82. The molecule has 0 aromatic heterocycles. The Morgan fingerprint density at radius 1 is 1.29 bits per heavy atom. The second-order valence-corrected chi connectivity index (χ2v) is 5.69. The van der Waals surface area contributed by atoms with E-state index < -0.39 is 0 Å². The SMILES string of the molecule is CCN(C)CC1(C)CC2CCC(C1)N2. The van der Waals surface area contributed by atoms with Crippen LogP contribution in [0, 0.1) is 5.41 Å². The Morgan fingerprint density at radius 2 is 1.86 bits per heavy atom. The number of hydrogen-bond donors (Lipinski definition) is 1. The summed E-state index contributed by atoms with van der Waals surface area (Å²) >= 11 is 0. The van der Waals surface area contributed by atoms with Crippen molar-refractivity contribution in [2.45, 2.75) is 51.6 Å². The van der Waals surface area contributed by atoms with Gasteiger partial charge in [-0.15, -0.1) is 0 Å². The minimum absolute atomic E-state index is 0.571. The first kappa shape index (κ1) is 10.4. The highest BCUT2D eigenvalue weighted by Crippen LogP contribution is 2.40. The predicted molar refractivity (Wildman–Crippen MR) is 60.5 cm³/mol. The van der Waals surface area contributed by atoms with E-state index in [1.165, 1.54) is 38.8 Å². The molecule has 0 radical (unpaired) electrons. The highest BCUT2D eigenvalue weighted by atomic mass is 15.1. The maximum Gasteiger partial charge on any atom is 0.00759 e. The van der Waals surface area contributed by atoms with Crippen LogP contribution in [0.25, 0.3) is 0 Å². The van der Waals surface area contributed by atoms with Gasteiger partial charge in [0.1, 0.15) is 0 Å². The minimum atomic E-state index is 0.571. The third kappa shape index (κ3) is 2.12. The zero-order valence-corrected chi connectivity index (χ0v) is 9.84. The number of piperidine rings is 1. The van der Waals surface area contributed by atoms with Crippen LogP contribution in [0.5, 0.6) is 0 Å². The Bertz CT molecular complexity index is 190. The molecule has 1 N–H and O–H groups in total. The topological polar surface area (TPSA) is 15.3 Å². The van der Waals surface area contributed by atoms with Crippen LogP contribution in [0.2, 0.25) is 0 Å². The van der Waals surface area contributed by atoms with Crippen LogP contribution in [-0.2, 0) is 0 Å². The van der Waals surface area contributed by atoms with Gasteiger partial charge in [0.05, 0.1) is 0 Å². The molecular formula is C12H24N2. The van der Waals surface area contributed by atoms with Gasteiger partial charge in [-0.1, -0.05) is 13.8 Å². The summed E-state index contributed by atoms with van der Waals surface area (Å²) in [5.74, 6) is 0. The van der Waals surface area contributed by atoms with Crippen molar-refractivity contribution in [2.24, 2.45) is 5.41 Å². The second-order valence-electron chi connectivity index (χ2n) is 5.69. The quantitative estimate of drug-likeness (QED) is 0.741. The van der Waals surface area contributed by atoms with E-state index in [2.05, 4.69) is 31.1 Å². The lowest BCUT2D eigenvalue weighted by molar-refractivity contribution is 0.124. The molecule has 2 nitrogen and oxygen atoms in total. The number of hydrogen-bond acceptors (Lipinski definition) is 2. The highest BCUT2D eigenvalue weighted by Gasteiger charge is 2.40. The van der Waals surface area contributed by atoms with Gasteiger partial charge in [-0.25, -0.2) is 0 Å². The molecule has 0 amide bonds. The van der Waals surface area contributed by atoms with E-state index in [0.29, 0.717) is 5.41 Å². The van der Waals surface area contributed by atoms with Gasteiger partial charge in [0, 0.05) is 18.6 Å². The summed E-state index contributed by atoms with van der Waals surface area (Å²) in [6, 6.07) is 1.65. The van der Waals surface area contributed by atoms with Gasteiger partial charge < -0.3 is 10.2 Å². The molecule has 2 saturated heterocycles. The van der Waals surface area contributed by atoms with Crippen molar-refractivity contribution in [3.8, 4) is 0 Å². The van der Waals surface area contributed by atoms with Crippen molar-refractivity contribution in [1.82, 2.24) is 10.2 Å². The summed E-state index contributed by atoms with van der Waals surface area (Å²) in [7, 11) is 2.25. The molecular weight excluding hydrogens is 172 g/mol. The standard InChI is InChI=1S/C12H24N2/c1-4-14(3)9-12(2)7-10-5-6-11(8-12)13-10/h10-11,13H,4-9H2,1-3H3. The number of fused-ring (bicyclic) bond motifs is 2. The van der Waals surface area contributed by atoms with E-state index >= 15 is 0 Å². The third-order valence-corrected chi connectivity index (χ3v) is 4.00. The fraction of sp³-hybridized carbons (Fsp3) is 1.00. The Morgan fingerprint density at radius 3 is 2.36 bits per heavy atom. The molecule has 2 heteroatoms. The molecule has 2 bridgehead atoms. The van der Waals surface area contributed by atoms with Crippen LogP contribution in [-0.4, -0.2) is 37.1 Å². The Balaban J connectivity index is 1.95. The van der Waals surface area contributed by atoms with E-state index in [1.807, 2.05) is 0 Å². The third-order valence-electron chi connectivity index (χ3n) is 4.00. The number of nitrogens with one attached hydrogen (secondary N) is 1. The first-order chi connectivity index (χ1) is 6.61. The van der Waals surface area contributed by atoms with Gasteiger partial charge in [-0.3, -0.25) is 0 Å². The van der Waals surface area contributed by atoms with E-state index in [9.17, 15) is 0 Å². The number of rotatable bonds is 3. The van der Waals surface area contributed by atoms with Crippen LogP contribution < -0.4 is 5.32 Å². The summed E-state index contributed by atoms with van der Waals surface area (Å²) in [4.78, 5) is 2.46. The van der Waals surface area contributed by atoms with E-state index in [0.717, 1.165) is 12.1 Å². The van der Waals surface area contributed by atoms with E-state index in [1.54, 1.807) is 0 Å². The molecule has 0 saturated carbocycles. The van der Waals surface area contributed by atoms with E-state index in [-0.39, 0.29) is 0 Å². The Hall–Kier alpha value is -0.0800. The van der Waals surface area contributed by atoms with Crippen LogP contribution in [0.1, 0.15) is 39.5 Å². The van der Waals surface area contributed by atoms with Crippen LogP contribution in [0.3, 0.4) is 0 Å². The normalized spacial score (nSPS) is 42.0. The first-order valence-electron chi connectivity index (χ1n) is 6.06. The minimum Gasteiger partial charge on any atom is -0.311 e. The average Bonchev–Trinajstić information content (AvgIpc) is 2.45. The van der Waals surface area contributed by atoms with Crippen molar-refractivity contribution in [3.05, 3.63) is 0 Å². The van der Waals surface area contributed by atoms with Gasteiger partial charge >= 0.3 is 0 Å². The lowest BCUT2D eigenvalue weighted by atomic mass is 9.77. The summed E-state index contributed by atoms with van der Waals surface area (Å²) in [6.45, 7) is 7.18.